The number of amides is 4. The SMILES string of the molecule is O=C(NCCCN1C(=O)NC2(CCCC2)C1=O)c1cc(Cl)ccc1Cl. The van der Waals surface area contributed by atoms with E-state index in [0.29, 0.717) is 41.4 Å². The van der Waals surface area contributed by atoms with Crippen molar-refractivity contribution >= 4 is 41.0 Å². The molecule has 134 valence electrons. The summed E-state index contributed by atoms with van der Waals surface area (Å²) in [6.45, 7) is 0.599. The molecule has 0 atom stereocenters. The van der Waals surface area contributed by atoms with Crippen molar-refractivity contribution in [2.45, 2.75) is 37.6 Å². The molecular weight excluding hydrogens is 365 g/mol. The summed E-state index contributed by atoms with van der Waals surface area (Å²) >= 11 is 11.9. The molecule has 0 unspecified atom stereocenters. The first-order valence-electron chi connectivity index (χ1n) is 8.30. The first kappa shape index (κ1) is 18.0. The summed E-state index contributed by atoms with van der Waals surface area (Å²) in [5, 5.41) is 6.31. The van der Waals surface area contributed by atoms with Crippen molar-refractivity contribution in [3.8, 4) is 0 Å². The molecule has 1 saturated heterocycles. The average molecular weight is 384 g/mol. The Labute approximate surface area is 155 Å². The Bertz CT molecular complexity index is 717. The molecule has 2 aliphatic rings. The Morgan fingerprint density at radius 1 is 1.24 bits per heavy atom. The normalized spacial score (nSPS) is 18.7. The van der Waals surface area contributed by atoms with Gasteiger partial charge in [-0.25, -0.2) is 4.79 Å². The van der Waals surface area contributed by atoms with Gasteiger partial charge in [-0.1, -0.05) is 36.0 Å². The van der Waals surface area contributed by atoms with Crippen molar-refractivity contribution in [1.82, 2.24) is 15.5 Å². The van der Waals surface area contributed by atoms with Gasteiger partial charge in [0, 0.05) is 18.1 Å². The van der Waals surface area contributed by atoms with E-state index in [2.05, 4.69) is 10.6 Å². The van der Waals surface area contributed by atoms with Crippen molar-refractivity contribution in [2.75, 3.05) is 13.1 Å². The maximum Gasteiger partial charge on any atom is 0.325 e. The molecule has 0 radical (unpaired) electrons. The van der Waals surface area contributed by atoms with Crippen molar-refractivity contribution in [3.63, 3.8) is 0 Å². The predicted octanol–water partition coefficient (Wildman–Crippen LogP) is 2.98. The van der Waals surface area contributed by atoms with Crippen LogP contribution < -0.4 is 10.6 Å². The fourth-order valence-electron chi connectivity index (χ4n) is 3.40. The van der Waals surface area contributed by atoms with Crippen molar-refractivity contribution in [2.24, 2.45) is 0 Å². The third-order valence-electron chi connectivity index (χ3n) is 4.72. The highest BCUT2D eigenvalue weighted by Gasteiger charge is 2.51. The minimum absolute atomic E-state index is 0.140. The fourth-order valence-corrected chi connectivity index (χ4v) is 3.78. The molecule has 0 aromatic heterocycles. The second-order valence-electron chi connectivity index (χ2n) is 6.41. The first-order valence-corrected chi connectivity index (χ1v) is 9.06. The Balaban J connectivity index is 1.50. The van der Waals surface area contributed by atoms with Crippen molar-refractivity contribution in [3.05, 3.63) is 33.8 Å². The zero-order chi connectivity index (χ0) is 18.0. The lowest BCUT2D eigenvalue weighted by Crippen LogP contribution is -2.44. The number of carbonyl (C=O) groups is 3. The highest BCUT2D eigenvalue weighted by Crippen LogP contribution is 2.35. The molecule has 1 aromatic carbocycles. The molecule has 0 bridgehead atoms. The van der Waals surface area contributed by atoms with Crippen LogP contribution in [0, 0.1) is 0 Å². The van der Waals surface area contributed by atoms with Gasteiger partial charge in [0.15, 0.2) is 0 Å². The maximum atomic E-state index is 12.5. The summed E-state index contributed by atoms with van der Waals surface area (Å²) in [7, 11) is 0. The Kier molecular flexibility index (Phi) is 5.20. The number of nitrogens with one attached hydrogen (secondary N) is 2. The van der Waals surface area contributed by atoms with Crippen LogP contribution in [0.15, 0.2) is 18.2 Å². The molecule has 25 heavy (non-hydrogen) atoms. The minimum Gasteiger partial charge on any atom is -0.352 e. The number of urea groups is 1. The summed E-state index contributed by atoms with van der Waals surface area (Å²) in [4.78, 5) is 37.9. The van der Waals surface area contributed by atoms with Crippen LogP contribution in [-0.4, -0.2) is 41.4 Å². The van der Waals surface area contributed by atoms with Crippen LogP contribution in [0.2, 0.25) is 10.0 Å². The largest absolute Gasteiger partial charge is 0.352 e. The fraction of sp³-hybridized carbons (Fsp3) is 0.471. The van der Waals surface area contributed by atoms with Crippen LogP contribution in [0.25, 0.3) is 0 Å². The highest BCUT2D eigenvalue weighted by atomic mass is 35.5. The quantitative estimate of drug-likeness (QED) is 0.605. The van der Waals surface area contributed by atoms with Crippen LogP contribution in [0.1, 0.15) is 42.5 Å². The van der Waals surface area contributed by atoms with Gasteiger partial charge in [0.05, 0.1) is 10.6 Å². The Morgan fingerprint density at radius 2 is 1.96 bits per heavy atom. The van der Waals surface area contributed by atoms with Gasteiger partial charge >= 0.3 is 6.03 Å². The molecule has 2 N–H and O–H groups in total. The van der Waals surface area contributed by atoms with E-state index in [-0.39, 0.29) is 24.4 Å². The molecule has 1 aromatic rings. The summed E-state index contributed by atoms with van der Waals surface area (Å²) < 4.78 is 0. The summed E-state index contributed by atoms with van der Waals surface area (Å²) in [5.74, 6) is -0.476. The molecule has 1 aliphatic heterocycles. The van der Waals surface area contributed by atoms with Crippen molar-refractivity contribution in [1.29, 1.82) is 0 Å². The summed E-state index contributed by atoms with van der Waals surface area (Å²) in [6.07, 6.45) is 3.79. The van der Waals surface area contributed by atoms with Crippen LogP contribution in [0.4, 0.5) is 4.79 Å². The van der Waals surface area contributed by atoms with Gasteiger partial charge in [0.2, 0.25) is 0 Å². The van der Waals surface area contributed by atoms with E-state index in [1.165, 1.54) is 11.0 Å². The number of hydrogen-bond donors (Lipinski definition) is 2. The van der Waals surface area contributed by atoms with E-state index in [4.69, 9.17) is 23.2 Å². The van der Waals surface area contributed by atoms with E-state index in [0.717, 1.165) is 12.8 Å². The molecular formula is C17H19Cl2N3O3. The maximum absolute atomic E-state index is 12.5. The predicted molar refractivity (Wildman–Crippen MR) is 94.9 cm³/mol. The lowest BCUT2D eigenvalue weighted by molar-refractivity contribution is -0.131. The second kappa shape index (κ2) is 7.22. The lowest BCUT2D eigenvalue weighted by Gasteiger charge is -2.20. The molecule has 1 heterocycles. The van der Waals surface area contributed by atoms with Crippen LogP contribution >= 0.6 is 23.2 Å². The Hall–Kier alpha value is -1.79. The van der Waals surface area contributed by atoms with Gasteiger partial charge in [-0.15, -0.1) is 0 Å². The number of imide groups is 1. The van der Waals surface area contributed by atoms with Crippen LogP contribution in [0.5, 0.6) is 0 Å². The van der Waals surface area contributed by atoms with Gasteiger partial charge in [-0.2, -0.15) is 0 Å². The van der Waals surface area contributed by atoms with Crippen LogP contribution in [-0.2, 0) is 4.79 Å². The third-order valence-corrected chi connectivity index (χ3v) is 5.28. The lowest BCUT2D eigenvalue weighted by atomic mass is 9.98. The van der Waals surface area contributed by atoms with E-state index < -0.39 is 5.54 Å². The number of carbonyl (C=O) groups excluding carboxylic acids is 3. The van der Waals surface area contributed by atoms with Gasteiger partial charge < -0.3 is 10.6 Å². The van der Waals surface area contributed by atoms with Gasteiger partial charge in [0.1, 0.15) is 5.54 Å². The smallest absolute Gasteiger partial charge is 0.325 e. The topological polar surface area (TPSA) is 78.5 Å². The number of benzene rings is 1. The molecule has 6 nitrogen and oxygen atoms in total. The van der Waals surface area contributed by atoms with Gasteiger partial charge in [0.25, 0.3) is 11.8 Å². The molecule has 1 spiro atoms. The molecule has 8 heteroatoms. The summed E-state index contributed by atoms with van der Waals surface area (Å²) in [6, 6.07) is 4.33. The highest BCUT2D eigenvalue weighted by molar-refractivity contribution is 6.35. The van der Waals surface area contributed by atoms with E-state index >= 15 is 0 Å². The second-order valence-corrected chi connectivity index (χ2v) is 7.25. The zero-order valence-corrected chi connectivity index (χ0v) is 15.1. The Morgan fingerprint density at radius 3 is 2.68 bits per heavy atom. The van der Waals surface area contributed by atoms with Crippen molar-refractivity contribution < 1.29 is 14.4 Å². The molecule has 1 saturated carbocycles. The molecule has 2 fully saturated rings. The zero-order valence-electron chi connectivity index (χ0n) is 13.6. The molecule has 1 aliphatic carbocycles. The van der Waals surface area contributed by atoms with Crippen LogP contribution in [0.3, 0.4) is 0 Å². The average Bonchev–Trinajstić information content (AvgIpc) is 3.13. The van der Waals surface area contributed by atoms with E-state index in [1.807, 2.05) is 0 Å². The van der Waals surface area contributed by atoms with E-state index in [1.54, 1.807) is 12.1 Å². The minimum atomic E-state index is -0.686. The third kappa shape index (κ3) is 3.60. The summed E-state index contributed by atoms with van der Waals surface area (Å²) in [5.41, 5.74) is -0.386. The number of nitrogens with zero attached hydrogens (tertiary/aromatic N) is 1. The molecule has 3 rings (SSSR count). The molecule has 4 amide bonds. The number of halogens is 2. The first-order chi connectivity index (χ1) is 11.9. The number of rotatable bonds is 5. The standard InChI is InChI=1S/C17H19Cl2N3O3/c18-11-4-5-13(19)12(10-11)14(23)20-8-3-9-22-15(24)17(21-16(22)25)6-1-2-7-17/h4-5,10H,1-3,6-9H2,(H,20,23)(H,21,25). The monoisotopic (exact) mass is 383 g/mol. The number of hydrogen-bond acceptors (Lipinski definition) is 3. The van der Waals surface area contributed by atoms with Gasteiger partial charge in [-0.3, -0.25) is 14.5 Å². The van der Waals surface area contributed by atoms with E-state index in [9.17, 15) is 14.4 Å². The van der Waals surface area contributed by atoms with Gasteiger partial charge in [-0.05, 0) is 37.5 Å².